The summed E-state index contributed by atoms with van der Waals surface area (Å²) in [6, 6.07) is 27.6. The average Bonchev–Trinajstić information content (AvgIpc) is 3.41. The van der Waals surface area contributed by atoms with Crippen LogP contribution in [0.3, 0.4) is 0 Å². The minimum atomic E-state index is -0.814. The van der Waals surface area contributed by atoms with Crippen LogP contribution in [0.1, 0.15) is 16.7 Å². The van der Waals surface area contributed by atoms with E-state index in [1.54, 1.807) is 42.5 Å². The Balaban J connectivity index is 0.00000400. The SMILES string of the molecule is O=c1c2c(C[NH2+]Cc3ccccc3)c(-c3ccc([N+](=O)[O-])cc3)sc2n(Cc2c(F)cccc2F)c(=O)n1-c1ccccc1.[Cl-]. The molecule has 0 aliphatic rings. The van der Waals surface area contributed by atoms with E-state index in [0.717, 1.165) is 33.6 Å². The first-order valence-corrected chi connectivity index (χ1v) is 14.5. The predicted molar refractivity (Wildman–Crippen MR) is 165 cm³/mol. The molecule has 0 bridgehead atoms. The molecule has 6 aromatic rings. The van der Waals surface area contributed by atoms with Crippen molar-refractivity contribution in [2.75, 3.05) is 0 Å². The second-order valence-electron chi connectivity index (χ2n) is 10.1. The highest BCUT2D eigenvalue weighted by molar-refractivity contribution is 7.22. The van der Waals surface area contributed by atoms with Crippen molar-refractivity contribution < 1.29 is 31.4 Å². The van der Waals surface area contributed by atoms with Gasteiger partial charge in [-0.1, -0.05) is 54.6 Å². The van der Waals surface area contributed by atoms with Crippen LogP contribution in [0.2, 0.25) is 0 Å². The number of halogens is 3. The van der Waals surface area contributed by atoms with Crippen LogP contribution < -0.4 is 29.0 Å². The molecule has 2 heterocycles. The molecular formula is C33H25ClF2N4O4S. The number of para-hydroxylation sites is 1. The van der Waals surface area contributed by atoms with E-state index in [-0.39, 0.29) is 33.9 Å². The molecule has 0 fully saturated rings. The fraction of sp³-hybridized carbons (Fsp3) is 0.0909. The molecule has 0 spiro atoms. The predicted octanol–water partition coefficient (Wildman–Crippen LogP) is 2.38. The van der Waals surface area contributed by atoms with E-state index in [9.17, 15) is 28.5 Å². The summed E-state index contributed by atoms with van der Waals surface area (Å²) in [6.07, 6.45) is 0. The molecule has 45 heavy (non-hydrogen) atoms. The van der Waals surface area contributed by atoms with Crippen LogP contribution in [0.5, 0.6) is 0 Å². The van der Waals surface area contributed by atoms with E-state index in [4.69, 9.17) is 0 Å². The van der Waals surface area contributed by atoms with Crippen molar-refractivity contribution >= 4 is 27.2 Å². The topological polar surface area (TPSA) is 104 Å². The summed E-state index contributed by atoms with van der Waals surface area (Å²) in [5, 5.41) is 13.6. The zero-order valence-electron chi connectivity index (χ0n) is 23.5. The number of fused-ring (bicyclic) bond motifs is 1. The number of nitrogens with two attached hydrogens (primary N) is 1. The molecule has 0 unspecified atom stereocenters. The Morgan fingerprint density at radius 1 is 0.778 bits per heavy atom. The summed E-state index contributed by atoms with van der Waals surface area (Å²) in [5.41, 5.74) is 0.907. The molecule has 0 aliphatic carbocycles. The number of nitro benzene ring substituents is 1. The quantitative estimate of drug-likeness (QED) is 0.193. The van der Waals surface area contributed by atoms with Gasteiger partial charge in [0.15, 0.2) is 0 Å². The number of benzene rings is 4. The van der Waals surface area contributed by atoms with Crippen molar-refractivity contribution in [1.82, 2.24) is 9.13 Å². The van der Waals surface area contributed by atoms with E-state index in [1.165, 1.54) is 22.8 Å². The summed E-state index contributed by atoms with van der Waals surface area (Å²) < 4.78 is 32.0. The molecule has 12 heteroatoms. The van der Waals surface area contributed by atoms with Gasteiger partial charge in [0.25, 0.3) is 11.2 Å². The number of rotatable bonds is 9. The normalized spacial score (nSPS) is 11.0. The maximum atomic E-state index is 14.9. The van der Waals surface area contributed by atoms with E-state index in [2.05, 4.69) is 0 Å². The molecule has 6 rings (SSSR count). The molecular weight excluding hydrogens is 622 g/mol. The number of thiophene rings is 1. The van der Waals surface area contributed by atoms with Crippen molar-refractivity contribution in [2.45, 2.75) is 19.6 Å². The Hall–Kier alpha value is -4.97. The minimum absolute atomic E-state index is 0. The molecule has 0 atom stereocenters. The number of nitrogens with zero attached hydrogens (tertiary/aromatic N) is 3. The molecule has 0 radical (unpaired) electrons. The Morgan fingerprint density at radius 3 is 2.02 bits per heavy atom. The summed E-state index contributed by atoms with van der Waals surface area (Å²) in [6.45, 7) is 0.483. The smallest absolute Gasteiger partial charge is 0.337 e. The number of nitro groups is 1. The monoisotopic (exact) mass is 646 g/mol. The molecule has 2 N–H and O–H groups in total. The Labute approximate surface area is 265 Å². The summed E-state index contributed by atoms with van der Waals surface area (Å²) in [7, 11) is 0. The van der Waals surface area contributed by atoms with Gasteiger partial charge in [-0.3, -0.25) is 19.5 Å². The number of non-ortho nitro benzene ring substituents is 1. The van der Waals surface area contributed by atoms with Crippen molar-refractivity contribution in [3.8, 4) is 16.1 Å². The van der Waals surface area contributed by atoms with Crippen LogP contribution in [0, 0.1) is 21.7 Å². The maximum Gasteiger partial charge on any atom is 0.337 e. The average molecular weight is 647 g/mol. The van der Waals surface area contributed by atoms with Gasteiger partial charge in [0.05, 0.1) is 22.5 Å². The fourth-order valence-electron chi connectivity index (χ4n) is 5.21. The lowest BCUT2D eigenvalue weighted by Crippen LogP contribution is -3.00. The zero-order chi connectivity index (χ0) is 30.8. The summed E-state index contributed by atoms with van der Waals surface area (Å²) in [4.78, 5) is 40.0. The summed E-state index contributed by atoms with van der Waals surface area (Å²) in [5.74, 6) is -1.63. The Morgan fingerprint density at radius 2 is 1.40 bits per heavy atom. The lowest BCUT2D eigenvalue weighted by molar-refractivity contribution is -0.686. The highest BCUT2D eigenvalue weighted by Crippen LogP contribution is 2.37. The molecule has 8 nitrogen and oxygen atoms in total. The Kier molecular flexibility index (Phi) is 9.33. The minimum Gasteiger partial charge on any atom is -1.00 e. The number of quaternary nitrogens is 1. The van der Waals surface area contributed by atoms with Crippen LogP contribution in [0.25, 0.3) is 26.3 Å². The van der Waals surface area contributed by atoms with Gasteiger partial charge in [0.1, 0.15) is 29.6 Å². The third-order valence-corrected chi connectivity index (χ3v) is 8.68. The van der Waals surface area contributed by atoms with Crippen molar-refractivity contribution in [3.63, 3.8) is 0 Å². The zero-order valence-corrected chi connectivity index (χ0v) is 25.1. The molecule has 0 saturated carbocycles. The highest BCUT2D eigenvalue weighted by Gasteiger charge is 2.26. The molecule has 2 aromatic heterocycles. The van der Waals surface area contributed by atoms with Crippen LogP contribution in [-0.4, -0.2) is 14.1 Å². The van der Waals surface area contributed by atoms with E-state index in [0.29, 0.717) is 34.8 Å². The molecule has 0 amide bonds. The third kappa shape index (κ3) is 6.18. The first-order valence-electron chi connectivity index (χ1n) is 13.7. The van der Waals surface area contributed by atoms with Crippen molar-refractivity contribution in [3.05, 3.63) is 162 Å². The largest absolute Gasteiger partial charge is 1.00 e. The van der Waals surface area contributed by atoms with Gasteiger partial charge in [0.2, 0.25) is 0 Å². The lowest BCUT2D eigenvalue weighted by atomic mass is 10.1. The van der Waals surface area contributed by atoms with Crippen LogP contribution in [0.15, 0.2) is 113 Å². The van der Waals surface area contributed by atoms with Gasteiger partial charge >= 0.3 is 5.69 Å². The first-order chi connectivity index (χ1) is 21.3. The molecule has 0 saturated heterocycles. The van der Waals surface area contributed by atoms with Gasteiger partial charge in [-0.15, -0.1) is 11.3 Å². The van der Waals surface area contributed by atoms with Crippen LogP contribution in [0.4, 0.5) is 14.5 Å². The van der Waals surface area contributed by atoms with Gasteiger partial charge in [-0.05, 0) is 42.0 Å². The second-order valence-corrected chi connectivity index (χ2v) is 11.1. The third-order valence-electron chi connectivity index (χ3n) is 7.38. The maximum absolute atomic E-state index is 14.9. The van der Waals surface area contributed by atoms with E-state index in [1.807, 2.05) is 35.6 Å². The Bertz CT molecular complexity index is 2100. The van der Waals surface area contributed by atoms with Crippen LogP contribution >= 0.6 is 11.3 Å². The van der Waals surface area contributed by atoms with Crippen molar-refractivity contribution in [2.24, 2.45) is 0 Å². The van der Waals surface area contributed by atoms with Gasteiger partial charge in [-0.25, -0.2) is 18.1 Å². The molecule has 4 aromatic carbocycles. The number of aromatic nitrogens is 2. The summed E-state index contributed by atoms with van der Waals surface area (Å²) >= 11 is 1.14. The highest BCUT2D eigenvalue weighted by atomic mass is 35.5. The molecule has 228 valence electrons. The lowest BCUT2D eigenvalue weighted by Gasteiger charge is -2.13. The number of hydrogen-bond donors (Lipinski definition) is 1. The standard InChI is InChI=1S/C33H24F2N4O4S.ClH/c34-27-12-7-13-28(35)26(27)20-37-32-29(31(40)38(33(37)41)23-10-5-2-6-11-23)25(19-36-18-21-8-3-1-4-9-21)30(44-32)22-14-16-24(17-15-22)39(42)43;/h1-17,36H,18-20H2;1H. The van der Waals surface area contributed by atoms with Crippen molar-refractivity contribution in [1.29, 1.82) is 0 Å². The second kappa shape index (κ2) is 13.3. The van der Waals surface area contributed by atoms with E-state index >= 15 is 0 Å². The molecule has 0 aliphatic heterocycles. The van der Waals surface area contributed by atoms with Crippen LogP contribution in [-0.2, 0) is 19.6 Å². The first kappa shape index (κ1) is 31.5. The number of hydrogen-bond acceptors (Lipinski definition) is 5. The fourth-order valence-corrected chi connectivity index (χ4v) is 6.54. The van der Waals surface area contributed by atoms with Gasteiger partial charge < -0.3 is 17.7 Å². The van der Waals surface area contributed by atoms with Gasteiger partial charge in [0, 0.05) is 33.7 Å². The van der Waals surface area contributed by atoms with E-state index < -0.39 is 34.4 Å². The van der Waals surface area contributed by atoms with Gasteiger partial charge in [-0.2, -0.15) is 0 Å².